The third kappa shape index (κ3) is 5.73. The van der Waals surface area contributed by atoms with Crippen LogP contribution in [-0.4, -0.2) is 72.5 Å². The fourth-order valence-corrected chi connectivity index (χ4v) is 8.01. The largest absolute Gasteiger partial charge is 0.490 e. The molecule has 40 heavy (non-hydrogen) atoms. The summed E-state index contributed by atoms with van der Waals surface area (Å²) >= 11 is 0. The molecule has 1 amide bonds. The van der Waals surface area contributed by atoms with Crippen LogP contribution in [0.1, 0.15) is 42.6 Å². The number of nitrogens with zero attached hydrogens (tertiary/aromatic N) is 1. The van der Waals surface area contributed by atoms with E-state index in [-0.39, 0.29) is 24.9 Å². The Kier molecular flexibility index (Phi) is 7.37. The number of hydrogen-bond acceptors (Lipinski definition) is 8. The number of alkyl halides is 3. The summed E-state index contributed by atoms with van der Waals surface area (Å²) in [6.45, 7) is 2.28. The zero-order valence-electron chi connectivity index (χ0n) is 22.0. The van der Waals surface area contributed by atoms with Crippen LogP contribution < -0.4 is 4.74 Å². The molecule has 0 unspecified atom stereocenters. The summed E-state index contributed by atoms with van der Waals surface area (Å²) in [5.74, 6) is -1.67. The number of halogens is 3. The highest BCUT2D eigenvalue weighted by Crippen LogP contribution is 2.41. The van der Waals surface area contributed by atoms with Gasteiger partial charge in [-0.1, -0.05) is 6.07 Å². The van der Waals surface area contributed by atoms with Crippen molar-refractivity contribution >= 4 is 35.4 Å². The minimum Gasteiger partial charge on any atom is -0.490 e. The van der Waals surface area contributed by atoms with Crippen LogP contribution in [0.4, 0.5) is 13.2 Å². The van der Waals surface area contributed by atoms with Crippen molar-refractivity contribution in [3.8, 4) is 5.75 Å². The molecule has 2 aromatic rings. The summed E-state index contributed by atoms with van der Waals surface area (Å²) in [6.07, 6.45) is -1.83. The van der Waals surface area contributed by atoms with Gasteiger partial charge in [0.15, 0.2) is 29.5 Å². The first-order valence-corrected chi connectivity index (χ1v) is 17.4. The van der Waals surface area contributed by atoms with Crippen LogP contribution >= 0.6 is 0 Å². The van der Waals surface area contributed by atoms with Crippen LogP contribution in [0.25, 0.3) is 0 Å². The third-order valence-electron chi connectivity index (χ3n) is 7.20. The third-order valence-corrected chi connectivity index (χ3v) is 12.0. The van der Waals surface area contributed by atoms with Crippen molar-refractivity contribution < 1.29 is 48.0 Å². The number of benzene rings is 2. The van der Waals surface area contributed by atoms with E-state index in [9.17, 15) is 43.2 Å². The topological polar surface area (TPSA) is 132 Å². The smallest absolute Gasteiger partial charge is 0.416 e. The lowest BCUT2D eigenvalue weighted by Gasteiger charge is -2.47. The van der Waals surface area contributed by atoms with Gasteiger partial charge in [0.1, 0.15) is 5.75 Å². The highest BCUT2D eigenvalue weighted by molar-refractivity contribution is 7.93. The second-order valence-corrected chi connectivity index (χ2v) is 17.2. The molecule has 15 heteroatoms. The van der Waals surface area contributed by atoms with E-state index in [1.54, 1.807) is 0 Å². The number of hydrogen-bond donors (Lipinski definition) is 0. The number of likely N-dealkylation sites (tertiary alicyclic amines) is 1. The lowest BCUT2D eigenvalue weighted by molar-refractivity contribution is -0.137. The summed E-state index contributed by atoms with van der Waals surface area (Å²) in [5.41, 5.74) is -1.68. The molecule has 1 heterocycles. The Morgan fingerprint density at radius 1 is 0.900 bits per heavy atom. The van der Waals surface area contributed by atoms with Crippen LogP contribution in [0.3, 0.4) is 0 Å². The molecule has 2 aliphatic rings. The summed E-state index contributed by atoms with van der Waals surface area (Å²) in [6, 6.07) is 5.59. The van der Waals surface area contributed by atoms with Crippen molar-refractivity contribution in [3.63, 3.8) is 0 Å². The van der Waals surface area contributed by atoms with Crippen molar-refractivity contribution in [2.45, 2.75) is 58.4 Å². The van der Waals surface area contributed by atoms with E-state index in [1.807, 2.05) is 0 Å². The molecule has 220 valence electrons. The average molecular weight is 624 g/mol. The van der Waals surface area contributed by atoms with Gasteiger partial charge in [-0.25, -0.2) is 25.3 Å². The summed E-state index contributed by atoms with van der Waals surface area (Å²) in [4.78, 5) is 13.1. The Labute approximate surface area is 231 Å². The van der Waals surface area contributed by atoms with Gasteiger partial charge in [-0.15, -0.1) is 0 Å². The van der Waals surface area contributed by atoms with E-state index in [0.717, 1.165) is 60.6 Å². The number of ether oxygens (including phenoxy) is 1. The molecule has 0 bridgehead atoms. The second-order valence-electron chi connectivity index (χ2n) is 10.7. The number of amides is 1. The quantitative estimate of drug-likeness (QED) is 0.437. The molecule has 0 atom stereocenters. The van der Waals surface area contributed by atoms with Gasteiger partial charge in [0.25, 0.3) is 5.91 Å². The van der Waals surface area contributed by atoms with Gasteiger partial charge in [-0.05, 0) is 57.0 Å². The zero-order valence-corrected chi connectivity index (χ0v) is 24.5. The van der Waals surface area contributed by atoms with Crippen molar-refractivity contribution in [1.82, 2.24) is 4.90 Å². The molecule has 2 aromatic carbocycles. The molecule has 9 nitrogen and oxygen atoms in total. The maximum Gasteiger partial charge on any atom is 0.416 e. The second kappa shape index (κ2) is 9.72. The van der Waals surface area contributed by atoms with Crippen molar-refractivity contribution in [1.29, 1.82) is 0 Å². The van der Waals surface area contributed by atoms with Crippen molar-refractivity contribution in [3.05, 3.63) is 47.5 Å². The molecular formula is C25H28F3NO8S3. The van der Waals surface area contributed by atoms with E-state index in [2.05, 4.69) is 0 Å². The summed E-state index contributed by atoms with van der Waals surface area (Å²) in [7, 11) is -12.5. The number of carbonyl (C=O) groups excluding carboxylic acids is 1. The number of sulfone groups is 3. The normalized spacial score (nSPS) is 17.4. The number of rotatable bonds is 8. The molecule has 1 aliphatic heterocycles. The van der Waals surface area contributed by atoms with Gasteiger partial charge >= 0.3 is 6.18 Å². The minimum absolute atomic E-state index is 0.00491. The Morgan fingerprint density at radius 2 is 1.43 bits per heavy atom. The van der Waals surface area contributed by atoms with E-state index in [1.165, 1.54) is 13.8 Å². The van der Waals surface area contributed by atoms with Gasteiger partial charge in [0.2, 0.25) is 0 Å². The maximum atomic E-state index is 13.5. The van der Waals surface area contributed by atoms with Gasteiger partial charge < -0.3 is 9.64 Å². The van der Waals surface area contributed by atoms with Crippen LogP contribution in [0.5, 0.6) is 5.75 Å². The van der Waals surface area contributed by atoms with Crippen LogP contribution in [0, 0.1) is 5.92 Å². The van der Waals surface area contributed by atoms with E-state index in [4.69, 9.17) is 4.74 Å². The van der Waals surface area contributed by atoms with Crippen LogP contribution in [0.2, 0.25) is 0 Å². The SMILES string of the molecule is CC(C)(C1CN(C(=O)c2c(S(C)(=O)=O)cc(OC3CC3)cc2S(C)(=O)=O)C1)S(=O)(=O)c1cccc(C(F)(F)F)c1. The van der Waals surface area contributed by atoms with Crippen LogP contribution in [-0.2, 0) is 35.7 Å². The zero-order chi connectivity index (χ0) is 30.1. The first-order valence-electron chi connectivity index (χ1n) is 12.1. The monoisotopic (exact) mass is 623 g/mol. The first-order chi connectivity index (χ1) is 18.1. The fraction of sp³-hybridized carbons (Fsp3) is 0.480. The van der Waals surface area contributed by atoms with E-state index >= 15 is 0 Å². The van der Waals surface area contributed by atoms with Gasteiger partial charge in [-0.2, -0.15) is 13.2 Å². The van der Waals surface area contributed by atoms with Crippen LogP contribution in [0.15, 0.2) is 51.1 Å². The molecule has 0 N–H and O–H groups in total. The highest BCUT2D eigenvalue weighted by atomic mass is 32.2. The standard InChI is InChI=1S/C25H28F3NO8S3/c1-24(2,40(35,36)19-7-5-6-15(10-19)25(26,27)28)16-13-29(14-16)23(30)22-20(38(3,31)32)11-18(37-17-8-9-17)12-21(22)39(4,33)34/h5-7,10-12,16-17H,8-9,13-14H2,1-4H3. The predicted octanol–water partition coefficient (Wildman–Crippen LogP) is 3.38. The molecule has 2 fully saturated rings. The average Bonchev–Trinajstić information content (AvgIpc) is 3.59. The molecule has 0 spiro atoms. The maximum absolute atomic E-state index is 13.5. The molecule has 1 saturated heterocycles. The Morgan fingerprint density at radius 3 is 1.88 bits per heavy atom. The minimum atomic E-state index is -4.75. The summed E-state index contributed by atoms with van der Waals surface area (Å²) in [5, 5.41) is 0. The lowest BCUT2D eigenvalue weighted by Crippen LogP contribution is -2.60. The Bertz CT molecular complexity index is 1640. The predicted molar refractivity (Wildman–Crippen MR) is 138 cm³/mol. The Hall–Kier alpha value is -2.65. The van der Waals surface area contributed by atoms with Gasteiger partial charge in [0.05, 0.1) is 36.7 Å². The lowest BCUT2D eigenvalue weighted by atomic mass is 9.87. The molecule has 1 saturated carbocycles. The van der Waals surface area contributed by atoms with E-state index < -0.39 is 78.1 Å². The number of carbonyl (C=O) groups is 1. The Balaban J connectivity index is 1.66. The summed E-state index contributed by atoms with van der Waals surface area (Å²) < 4.78 is 121. The fourth-order valence-electron chi connectivity index (χ4n) is 4.41. The molecule has 0 radical (unpaired) electrons. The molecule has 1 aliphatic carbocycles. The molecule has 0 aromatic heterocycles. The highest BCUT2D eigenvalue weighted by Gasteiger charge is 2.50. The molecule has 4 rings (SSSR count). The van der Waals surface area contributed by atoms with Crippen molar-refractivity contribution in [2.24, 2.45) is 5.92 Å². The van der Waals surface area contributed by atoms with Crippen molar-refractivity contribution in [2.75, 3.05) is 25.6 Å². The van der Waals surface area contributed by atoms with Gasteiger partial charge in [0, 0.05) is 31.5 Å². The molecular weight excluding hydrogens is 595 g/mol. The van der Waals surface area contributed by atoms with Gasteiger partial charge in [-0.3, -0.25) is 4.79 Å². The van der Waals surface area contributed by atoms with E-state index in [0.29, 0.717) is 6.07 Å². The first kappa shape index (κ1) is 30.3.